The third-order valence-electron chi connectivity index (χ3n) is 0. The summed E-state index contributed by atoms with van der Waals surface area (Å²) in [5.41, 5.74) is 7.19. The smallest absolute Gasteiger partial charge is 0.712 e. The molecule has 28 valence electrons. The summed E-state index contributed by atoms with van der Waals surface area (Å²) in [6.45, 7) is 0. The van der Waals surface area contributed by atoms with Gasteiger partial charge in [-0.3, -0.25) is 0 Å². The van der Waals surface area contributed by atoms with Gasteiger partial charge in [0.25, 0.3) is 0 Å². The second-order valence-corrected chi connectivity index (χ2v) is 0.200. The molecule has 0 bridgehead atoms. The second kappa shape index (κ2) is 22.7. The first-order valence-corrected chi connectivity index (χ1v) is 0.647. The van der Waals surface area contributed by atoms with Crippen molar-refractivity contribution in [3.05, 3.63) is 13.0 Å². The quantitative estimate of drug-likeness (QED) is 0.474. The molecule has 0 N–H and O–H groups in total. The van der Waals surface area contributed by atoms with Crippen molar-refractivity contribution in [1.82, 2.24) is 0 Å². The Labute approximate surface area is 56.2 Å². The summed E-state index contributed by atoms with van der Waals surface area (Å²) in [4.78, 5) is 0. The van der Waals surface area contributed by atoms with Crippen LogP contribution in [0, 0.1) is 38.5 Å². The molecule has 0 rings (SSSR count). The molecule has 0 aliphatic heterocycles. The van der Waals surface area contributed by atoms with Gasteiger partial charge in [0.1, 0.15) is 0 Å². The van der Waals surface area contributed by atoms with E-state index < -0.39 is 0 Å². The van der Waals surface area contributed by atoms with Crippen LogP contribution in [-0.2, 0) is 0 Å². The van der Waals surface area contributed by atoms with E-state index in [1.165, 1.54) is 7.05 Å². The summed E-state index contributed by atoms with van der Waals surface area (Å²) in [6.07, 6.45) is 0. The van der Waals surface area contributed by atoms with Crippen LogP contribution in [0.4, 0.5) is 0 Å². The molecule has 0 heterocycles. The third-order valence-corrected chi connectivity index (χ3v) is 0. The van der Waals surface area contributed by atoms with E-state index in [1.807, 2.05) is 0 Å². The Hall–Kier alpha value is 0.652. The number of rotatable bonds is 0. The van der Waals surface area contributed by atoms with Crippen molar-refractivity contribution in [3.8, 4) is 0 Å². The molecule has 0 radical (unpaired) electrons. The van der Waals surface area contributed by atoms with Crippen LogP contribution in [0.2, 0.25) is 0 Å². The van der Waals surface area contributed by atoms with Crippen LogP contribution in [0.25, 0.3) is 5.53 Å². The Bertz CT molecular complexity index is 15.1. The van der Waals surface area contributed by atoms with Crippen molar-refractivity contribution in [2.45, 2.75) is 0 Å². The van der Waals surface area contributed by atoms with Crippen LogP contribution < -0.4 is 0 Å². The van der Waals surface area contributed by atoms with Gasteiger partial charge in [0.2, 0.25) is 0 Å². The van der Waals surface area contributed by atoms with Gasteiger partial charge in [0, 0.05) is 7.05 Å². The maximum atomic E-state index is 7.19. The average molecular weight is 296 g/mol. The van der Waals surface area contributed by atoms with Crippen molar-refractivity contribution in [2.75, 3.05) is 7.05 Å². The summed E-state index contributed by atoms with van der Waals surface area (Å²) in [7, 11) is 1.31. The summed E-state index contributed by atoms with van der Waals surface area (Å²) >= 11 is 0. The molecule has 0 amide bonds. The molecule has 0 fully saturated rings. The van der Waals surface area contributed by atoms with Crippen molar-refractivity contribution >= 4 is 0 Å². The Morgan fingerprint density at radius 2 is 1.60 bits per heavy atom. The predicted octanol–water partition coefficient (Wildman–Crippen LogP) is 1.09. The number of hydrogen-bond donors (Lipinski definition) is 0. The van der Waals surface area contributed by atoms with Crippen molar-refractivity contribution in [2.24, 2.45) is 5.11 Å². The molecule has 0 aliphatic carbocycles. The third kappa shape index (κ3) is 77.0. The van der Waals surface area contributed by atoms with Gasteiger partial charge >= 0.3 is 31.1 Å². The molecule has 0 spiro atoms. The average Bonchev–Trinajstić information content (AvgIpc) is 0.918. The zero-order valence-corrected chi connectivity index (χ0v) is 7.56. The van der Waals surface area contributed by atoms with E-state index >= 15 is 0 Å². The molecular weight excluding hydrogens is 290 g/mol. The van der Waals surface area contributed by atoms with Crippen LogP contribution in [0.1, 0.15) is 0 Å². The van der Waals surface area contributed by atoms with Gasteiger partial charge in [-0.15, -0.1) is 0 Å². The zero-order chi connectivity index (χ0) is 2.71. The second-order valence-electron chi connectivity index (χ2n) is 0.200. The maximum absolute atomic E-state index is 7.19. The maximum Gasteiger partial charge on any atom is 2.00 e. The Kier molecular flexibility index (Phi) is 79.1. The summed E-state index contributed by atoms with van der Waals surface area (Å²) < 4.78 is 0. The van der Waals surface area contributed by atoms with E-state index in [9.17, 15) is 0 Å². The van der Waals surface area contributed by atoms with Crippen LogP contribution in [0.3, 0.4) is 0 Å². The minimum absolute atomic E-state index is 0. The molecule has 0 aromatic heterocycles. The Balaban J connectivity index is -0.0000000200. The van der Waals surface area contributed by atoms with E-state index in [4.69, 9.17) is 5.53 Å². The van der Waals surface area contributed by atoms with Gasteiger partial charge in [-0.25, -0.2) is 0 Å². The number of nitrogens with zero attached hydrogens (tertiary/aromatic N) is 2. The molecule has 0 aromatic carbocycles. The van der Waals surface area contributed by atoms with E-state index in [-0.39, 0.29) is 38.5 Å². The van der Waals surface area contributed by atoms with Gasteiger partial charge in [-0.05, 0) is 0 Å². The van der Waals surface area contributed by atoms with Crippen molar-refractivity contribution in [3.63, 3.8) is 0 Å². The van der Waals surface area contributed by atoms with Crippen LogP contribution in [0.15, 0.2) is 5.11 Å². The van der Waals surface area contributed by atoms with E-state index in [1.54, 1.807) is 0 Å². The molecule has 0 aliphatic rings. The minimum atomic E-state index is 0. The molecule has 0 atom stereocenters. The Morgan fingerprint density at radius 3 is 1.60 bits per heavy atom. The van der Waals surface area contributed by atoms with E-state index in [2.05, 4.69) is 5.11 Å². The van der Waals surface area contributed by atoms with Gasteiger partial charge in [0.15, 0.2) is 0 Å². The van der Waals surface area contributed by atoms with Crippen molar-refractivity contribution in [1.29, 1.82) is 0 Å². The first kappa shape index (κ1) is 17.4. The fraction of sp³-hybridized carbons (Fsp3) is 0.500. The first-order valence-electron chi connectivity index (χ1n) is 0.647. The summed E-state index contributed by atoms with van der Waals surface area (Å²) in [5, 5.41) is 2.50. The monoisotopic (exact) mass is 296 g/mol. The zero-order valence-electron chi connectivity index (χ0n) is 3.39. The van der Waals surface area contributed by atoms with Gasteiger partial charge in [0.05, 0.1) is 0 Å². The molecular formula is C2H6N2U. The van der Waals surface area contributed by atoms with Crippen LogP contribution >= 0.6 is 0 Å². The minimum Gasteiger partial charge on any atom is -0.712 e. The Morgan fingerprint density at radius 1 is 1.60 bits per heavy atom. The predicted molar refractivity (Wildman–Crippen MR) is 18.1 cm³/mol. The fourth-order valence-electron chi connectivity index (χ4n) is 0. The molecule has 3 heteroatoms. The molecule has 0 saturated heterocycles. The molecule has 2 nitrogen and oxygen atoms in total. The molecule has 0 aromatic rings. The van der Waals surface area contributed by atoms with Crippen LogP contribution in [-0.4, -0.2) is 7.05 Å². The van der Waals surface area contributed by atoms with Crippen molar-refractivity contribution < 1.29 is 31.1 Å². The largest absolute Gasteiger partial charge is 2.00 e. The normalized spacial score (nSPS) is 2.60. The number of hydrogen-bond acceptors (Lipinski definition) is 1. The summed E-state index contributed by atoms with van der Waals surface area (Å²) in [5.74, 6) is 0. The standard InChI is InChI=1S/CH3N2.CH3.U/c1-3-2;;/h1H3;1H3;/q2*-1;+2. The molecule has 5 heavy (non-hydrogen) atoms. The SMILES string of the molecule is CN=[N-].[CH3-].[U+2]. The fourth-order valence-corrected chi connectivity index (χ4v) is 0. The van der Waals surface area contributed by atoms with Gasteiger partial charge < -0.3 is 18.1 Å². The topological polar surface area (TPSA) is 34.7 Å². The molecule has 0 unspecified atom stereocenters. The van der Waals surface area contributed by atoms with Gasteiger partial charge in [-0.1, -0.05) is 0 Å². The van der Waals surface area contributed by atoms with E-state index in [0.717, 1.165) is 0 Å². The molecule has 0 saturated carbocycles. The van der Waals surface area contributed by atoms with Crippen LogP contribution in [0.5, 0.6) is 0 Å². The summed E-state index contributed by atoms with van der Waals surface area (Å²) in [6, 6.07) is 0. The van der Waals surface area contributed by atoms with Gasteiger partial charge in [-0.2, -0.15) is 0 Å². The first-order chi connectivity index (χ1) is 1.41. The van der Waals surface area contributed by atoms with E-state index in [0.29, 0.717) is 0 Å².